The first-order chi connectivity index (χ1) is 6.34. The van der Waals surface area contributed by atoms with Crippen molar-refractivity contribution in [3.8, 4) is 0 Å². The molecule has 0 aliphatic heterocycles. The van der Waals surface area contributed by atoms with Crippen molar-refractivity contribution < 1.29 is 0 Å². The van der Waals surface area contributed by atoms with E-state index in [-0.39, 0.29) is 5.38 Å². The molecule has 4 heteroatoms. The van der Waals surface area contributed by atoms with Crippen LogP contribution in [0.2, 0.25) is 19.6 Å². The minimum atomic E-state index is -1.52. The SMILES string of the molecule is C[Si](C)(C)C(N)=C1C(Cl)=CC=CC1Cl. The highest BCUT2D eigenvalue weighted by Gasteiger charge is 2.26. The molecule has 0 saturated heterocycles. The van der Waals surface area contributed by atoms with Crippen LogP contribution in [0.15, 0.2) is 34.2 Å². The summed E-state index contributed by atoms with van der Waals surface area (Å²) in [7, 11) is -1.52. The van der Waals surface area contributed by atoms with Crippen LogP contribution < -0.4 is 5.73 Å². The second-order valence-corrected chi connectivity index (χ2v) is 10.3. The van der Waals surface area contributed by atoms with Crippen LogP contribution in [-0.4, -0.2) is 13.5 Å². The lowest BCUT2D eigenvalue weighted by Crippen LogP contribution is -2.33. The van der Waals surface area contributed by atoms with Gasteiger partial charge in [0.05, 0.1) is 13.5 Å². The number of alkyl halides is 1. The normalized spacial score (nSPS) is 26.1. The highest BCUT2D eigenvalue weighted by atomic mass is 35.5. The van der Waals surface area contributed by atoms with Crippen LogP contribution in [0.4, 0.5) is 0 Å². The molecule has 0 heterocycles. The lowest BCUT2D eigenvalue weighted by Gasteiger charge is -2.24. The van der Waals surface area contributed by atoms with Gasteiger partial charge in [-0.25, -0.2) is 0 Å². The Morgan fingerprint density at radius 1 is 1.43 bits per heavy atom. The molecule has 0 fully saturated rings. The second-order valence-electron chi connectivity index (χ2n) is 4.38. The number of nitrogens with two attached hydrogens (primary N) is 1. The average Bonchev–Trinajstić information content (AvgIpc) is 2.01. The fourth-order valence-corrected chi connectivity index (χ4v) is 3.17. The Balaban J connectivity index is 3.19. The molecule has 0 spiro atoms. The van der Waals surface area contributed by atoms with E-state index in [0.717, 1.165) is 10.9 Å². The Labute approximate surface area is 96.3 Å². The van der Waals surface area contributed by atoms with E-state index in [4.69, 9.17) is 28.9 Å². The number of hydrogen-bond donors (Lipinski definition) is 1. The van der Waals surface area contributed by atoms with Gasteiger partial charge in [-0.2, -0.15) is 0 Å². The summed E-state index contributed by atoms with van der Waals surface area (Å²) in [6.07, 6.45) is 5.60. The molecule has 1 atom stereocenters. The van der Waals surface area contributed by atoms with E-state index < -0.39 is 8.07 Å². The fourth-order valence-electron chi connectivity index (χ4n) is 1.24. The van der Waals surface area contributed by atoms with Gasteiger partial charge < -0.3 is 5.73 Å². The van der Waals surface area contributed by atoms with Gasteiger partial charge in [0.15, 0.2) is 0 Å². The van der Waals surface area contributed by atoms with Gasteiger partial charge in [0.25, 0.3) is 0 Å². The smallest absolute Gasteiger partial charge is 0.0979 e. The van der Waals surface area contributed by atoms with Gasteiger partial charge in [-0.3, -0.25) is 0 Å². The summed E-state index contributed by atoms with van der Waals surface area (Å²) < 4.78 is 0. The molecule has 1 aliphatic rings. The number of halogens is 2. The van der Waals surface area contributed by atoms with Crippen LogP contribution in [-0.2, 0) is 0 Å². The Morgan fingerprint density at radius 2 is 2.00 bits per heavy atom. The maximum Gasteiger partial charge on any atom is 0.0979 e. The van der Waals surface area contributed by atoms with E-state index in [2.05, 4.69) is 19.6 Å². The van der Waals surface area contributed by atoms with Crippen molar-refractivity contribution in [3.63, 3.8) is 0 Å². The topological polar surface area (TPSA) is 26.0 Å². The molecule has 14 heavy (non-hydrogen) atoms. The van der Waals surface area contributed by atoms with E-state index in [1.54, 1.807) is 0 Å². The van der Waals surface area contributed by atoms with E-state index in [1.165, 1.54) is 0 Å². The number of allylic oxidation sites excluding steroid dienone is 5. The van der Waals surface area contributed by atoms with Crippen molar-refractivity contribution in [1.29, 1.82) is 0 Å². The molecule has 78 valence electrons. The van der Waals surface area contributed by atoms with Gasteiger partial charge in [-0.05, 0) is 11.4 Å². The summed E-state index contributed by atoms with van der Waals surface area (Å²) in [5.74, 6) is 0. The van der Waals surface area contributed by atoms with Crippen molar-refractivity contribution in [1.82, 2.24) is 0 Å². The van der Waals surface area contributed by atoms with Crippen molar-refractivity contribution in [2.45, 2.75) is 25.0 Å². The first-order valence-corrected chi connectivity index (χ1v) is 8.84. The van der Waals surface area contributed by atoms with Crippen LogP contribution in [0, 0.1) is 0 Å². The number of rotatable bonds is 1. The average molecular weight is 248 g/mol. The molecule has 0 bridgehead atoms. The van der Waals surface area contributed by atoms with Crippen molar-refractivity contribution in [2.75, 3.05) is 0 Å². The first kappa shape index (κ1) is 11.9. The zero-order valence-corrected chi connectivity index (χ0v) is 11.2. The Bertz CT molecular complexity index is 324. The van der Waals surface area contributed by atoms with E-state index in [9.17, 15) is 0 Å². The lowest BCUT2D eigenvalue weighted by atomic mass is 10.1. The second kappa shape index (κ2) is 4.13. The Hall–Kier alpha value is -0.183. The monoisotopic (exact) mass is 247 g/mol. The maximum absolute atomic E-state index is 6.15. The maximum atomic E-state index is 6.15. The summed E-state index contributed by atoms with van der Waals surface area (Å²) in [6, 6.07) is 0. The summed E-state index contributed by atoms with van der Waals surface area (Å²) in [4.78, 5) is 0. The minimum absolute atomic E-state index is 0.181. The molecule has 0 aromatic rings. The molecule has 0 radical (unpaired) electrons. The van der Waals surface area contributed by atoms with Crippen molar-refractivity contribution in [3.05, 3.63) is 34.2 Å². The summed E-state index contributed by atoms with van der Waals surface area (Å²) >= 11 is 12.2. The molecule has 1 aliphatic carbocycles. The Kier molecular flexibility index (Phi) is 3.51. The van der Waals surface area contributed by atoms with Gasteiger partial charge in [0.1, 0.15) is 0 Å². The quantitative estimate of drug-likeness (QED) is 0.558. The van der Waals surface area contributed by atoms with Crippen LogP contribution in [0.25, 0.3) is 0 Å². The van der Waals surface area contributed by atoms with Crippen LogP contribution in [0.1, 0.15) is 0 Å². The Morgan fingerprint density at radius 3 is 2.43 bits per heavy atom. The molecule has 1 unspecified atom stereocenters. The third kappa shape index (κ3) is 2.44. The zero-order valence-electron chi connectivity index (χ0n) is 8.64. The minimum Gasteiger partial charge on any atom is -0.405 e. The van der Waals surface area contributed by atoms with E-state index in [0.29, 0.717) is 5.03 Å². The van der Waals surface area contributed by atoms with E-state index in [1.807, 2.05) is 18.2 Å². The highest BCUT2D eigenvalue weighted by molar-refractivity contribution is 6.83. The molecule has 0 amide bonds. The van der Waals surface area contributed by atoms with Crippen molar-refractivity contribution >= 4 is 31.3 Å². The molecule has 0 saturated carbocycles. The highest BCUT2D eigenvalue weighted by Crippen LogP contribution is 2.31. The van der Waals surface area contributed by atoms with Gasteiger partial charge in [-0.1, -0.05) is 43.4 Å². The molecule has 2 N–H and O–H groups in total. The molecular weight excluding hydrogens is 233 g/mol. The van der Waals surface area contributed by atoms with Crippen LogP contribution >= 0.6 is 23.2 Å². The predicted molar refractivity (Wildman–Crippen MR) is 67.3 cm³/mol. The summed E-state index contributed by atoms with van der Waals surface area (Å²) in [5, 5.41) is 1.38. The van der Waals surface area contributed by atoms with Gasteiger partial charge >= 0.3 is 0 Å². The third-order valence-corrected chi connectivity index (χ3v) is 4.73. The molecule has 0 aromatic carbocycles. The third-order valence-electron chi connectivity index (χ3n) is 2.15. The van der Waals surface area contributed by atoms with Crippen LogP contribution in [0.3, 0.4) is 0 Å². The predicted octanol–water partition coefficient (Wildman–Crippen LogP) is 3.38. The molecular formula is C10H15Cl2NSi. The molecule has 1 nitrogen and oxygen atoms in total. The number of hydrogen-bond acceptors (Lipinski definition) is 1. The molecule has 1 rings (SSSR count). The fraction of sp³-hybridized carbons (Fsp3) is 0.400. The van der Waals surface area contributed by atoms with Crippen molar-refractivity contribution in [2.24, 2.45) is 5.73 Å². The van der Waals surface area contributed by atoms with Gasteiger partial charge in [0, 0.05) is 10.6 Å². The standard InChI is InChI=1S/C10H15Cl2NSi/c1-14(2,3)10(13)9-7(11)5-4-6-8(9)12/h4-7H,13H2,1-3H3. The van der Waals surface area contributed by atoms with E-state index >= 15 is 0 Å². The summed E-state index contributed by atoms with van der Waals surface area (Å²) in [6.45, 7) is 6.55. The largest absolute Gasteiger partial charge is 0.405 e. The lowest BCUT2D eigenvalue weighted by molar-refractivity contribution is 1.19. The molecule has 0 aromatic heterocycles. The zero-order chi connectivity index (χ0) is 10.9. The first-order valence-electron chi connectivity index (χ1n) is 4.52. The van der Waals surface area contributed by atoms with Gasteiger partial charge in [0.2, 0.25) is 0 Å². The van der Waals surface area contributed by atoms with Crippen LogP contribution in [0.5, 0.6) is 0 Å². The summed E-state index contributed by atoms with van der Waals surface area (Å²) in [5.41, 5.74) is 7.00. The van der Waals surface area contributed by atoms with Gasteiger partial charge in [-0.15, -0.1) is 11.6 Å².